The number of benzene rings is 1. The Morgan fingerprint density at radius 3 is 2.70 bits per heavy atom. The summed E-state index contributed by atoms with van der Waals surface area (Å²) in [5.41, 5.74) is 0.813. The van der Waals surface area contributed by atoms with Crippen molar-refractivity contribution in [3.05, 3.63) is 46.2 Å². The molecule has 1 aromatic carbocycles. The Hall–Kier alpha value is -1.90. The lowest BCUT2D eigenvalue weighted by Crippen LogP contribution is -2.15. The molecule has 3 N–H and O–H groups in total. The zero-order valence-corrected chi connectivity index (χ0v) is 11.7. The van der Waals surface area contributed by atoms with Gasteiger partial charge in [0, 0.05) is 5.69 Å². The lowest BCUT2D eigenvalue weighted by Gasteiger charge is -2.08. The third-order valence-corrected chi connectivity index (χ3v) is 4.93. The number of anilines is 1. The smallest absolute Gasteiger partial charge is 0.347 e. The summed E-state index contributed by atoms with van der Waals surface area (Å²) in [6, 6.07) is 7.47. The van der Waals surface area contributed by atoms with E-state index in [1.54, 1.807) is 12.1 Å². The van der Waals surface area contributed by atoms with Gasteiger partial charge in [-0.25, -0.2) is 13.2 Å². The number of carboxylic acid groups (broad SMARTS) is 1. The molecule has 0 saturated heterocycles. The molecular weight excluding hydrogens is 302 g/mol. The van der Waals surface area contributed by atoms with Crippen LogP contribution in [-0.4, -0.2) is 24.6 Å². The summed E-state index contributed by atoms with van der Waals surface area (Å²) in [6.45, 7) is -0.214. The first-order valence-corrected chi connectivity index (χ1v) is 7.84. The minimum absolute atomic E-state index is 0.214. The predicted octanol–water partition coefficient (Wildman–Crippen LogP) is 1.74. The average molecular weight is 313 g/mol. The maximum Gasteiger partial charge on any atom is 0.347 e. The van der Waals surface area contributed by atoms with Gasteiger partial charge >= 0.3 is 5.97 Å². The van der Waals surface area contributed by atoms with Crippen LogP contribution in [0.5, 0.6) is 0 Å². The van der Waals surface area contributed by atoms with Gasteiger partial charge in [-0.05, 0) is 29.1 Å². The number of hydrogen-bond acceptors (Lipinski definition) is 5. The van der Waals surface area contributed by atoms with Crippen molar-refractivity contribution < 1.29 is 23.4 Å². The highest BCUT2D eigenvalue weighted by Gasteiger charge is 2.23. The van der Waals surface area contributed by atoms with E-state index in [1.165, 1.54) is 23.6 Å². The van der Waals surface area contributed by atoms with Crippen molar-refractivity contribution in [1.82, 2.24) is 0 Å². The Kier molecular flexibility index (Phi) is 4.07. The van der Waals surface area contributed by atoms with Crippen molar-refractivity contribution in [2.45, 2.75) is 11.5 Å². The Morgan fingerprint density at radius 1 is 1.30 bits per heavy atom. The molecule has 1 aromatic heterocycles. The summed E-state index contributed by atoms with van der Waals surface area (Å²) in [7, 11) is -3.97. The van der Waals surface area contributed by atoms with Crippen LogP contribution in [0.3, 0.4) is 0 Å². The van der Waals surface area contributed by atoms with Crippen molar-refractivity contribution in [1.29, 1.82) is 0 Å². The molecule has 0 aliphatic heterocycles. The number of thiophene rings is 1. The zero-order valence-electron chi connectivity index (χ0n) is 10.1. The molecule has 0 fully saturated rings. The van der Waals surface area contributed by atoms with E-state index >= 15 is 0 Å². The largest absolute Gasteiger partial charge is 0.477 e. The van der Waals surface area contributed by atoms with E-state index < -0.39 is 16.0 Å². The summed E-state index contributed by atoms with van der Waals surface area (Å²) < 4.78 is 26.6. The molecule has 8 heteroatoms. The summed E-state index contributed by atoms with van der Waals surface area (Å²) in [6.07, 6.45) is 0. The van der Waals surface area contributed by atoms with Gasteiger partial charge in [-0.15, -0.1) is 11.3 Å². The van der Waals surface area contributed by atoms with Crippen LogP contribution in [0.15, 0.2) is 40.6 Å². The number of nitrogens with one attached hydrogen (secondary N) is 1. The van der Waals surface area contributed by atoms with Crippen LogP contribution in [0.2, 0.25) is 0 Å². The quantitative estimate of drug-likeness (QED) is 0.780. The Bertz CT molecular complexity index is 736. The van der Waals surface area contributed by atoms with E-state index in [0.717, 1.165) is 11.3 Å². The SMILES string of the molecule is O=C(O)c1sccc1S(=O)(=O)Nc1cccc(CO)c1. The van der Waals surface area contributed by atoms with Gasteiger partial charge in [0.2, 0.25) is 0 Å². The molecule has 2 rings (SSSR count). The van der Waals surface area contributed by atoms with E-state index in [0.29, 0.717) is 5.56 Å². The number of rotatable bonds is 5. The molecule has 0 spiro atoms. The molecule has 0 atom stereocenters. The molecule has 0 bridgehead atoms. The Morgan fingerprint density at radius 2 is 2.05 bits per heavy atom. The van der Waals surface area contributed by atoms with Crippen LogP contribution in [0.25, 0.3) is 0 Å². The van der Waals surface area contributed by atoms with Crippen molar-refractivity contribution in [2.24, 2.45) is 0 Å². The van der Waals surface area contributed by atoms with Crippen molar-refractivity contribution in [3.63, 3.8) is 0 Å². The molecule has 0 amide bonds. The third kappa shape index (κ3) is 2.98. The number of aliphatic hydroxyl groups is 1. The van der Waals surface area contributed by atoms with E-state index in [2.05, 4.69) is 4.72 Å². The molecule has 1 heterocycles. The summed E-state index contributed by atoms with van der Waals surface area (Å²) in [5.74, 6) is -1.29. The number of aromatic carboxylic acids is 1. The molecule has 0 unspecified atom stereocenters. The first-order valence-electron chi connectivity index (χ1n) is 5.47. The standard InChI is InChI=1S/C12H11NO5S2/c14-7-8-2-1-3-9(6-8)13-20(17,18)10-4-5-19-11(10)12(15)16/h1-6,13-14H,7H2,(H,15,16). The van der Waals surface area contributed by atoms with Crippen molar-refractivity contribution in [2.75, 3.05) is 4.72 Å². The summed E-state index contributed by atoms with van der Waals surface area (Å²) in [5, 5.41) is 19.4. The molecule has 0 saturated carbocycles. The Labute approximate surface area is 119 Å². The topological polar surface area (TPSA) is 104 Å². The van der Waals surface area contributed by atoms with Gasteiger partial charge in [0.1, 0.15) is 9.77 Å². The van der Waals surface area contributed by atoms with Gasteiger partial charge < -0.3 is 10.2 Å². The van der Waals surface area contributed by atoms with Crippen LogP contribution in [0.4, 0.5) is 5.69 Å². The highest BCUT2D eigenvalue weighted by Crippen LogP contribution is 2.24. The molecule has 6 nitrogen and oxygen atoms in total. The average Bonchev–Trinajstić information content (AvgIpc) is 2.88. The maximum absolute atomic E-state index is 12.2. The lowest BCUT2D eigenvalue weighted by molar-refractivity contribution is 0.0698. The van der Waals surface area contributed by atoms with Gasteiger partial charge in [0.05, 0.1) is 6.61 Å². The van der Waals surface area contributed by atoms with Crippen LogP contribution in [0, 0.1) is 0 Å². The second-order valence-corrected chi connectivity index (χ2v) is 6.45. The van der Waals surface area contributed by atoms with E-state index in [9.17, 15) is 13.2 Å². The summed E-state index contributed by atoms with van der Waals surface area (Å²) >= 11 is 0.844. The monoisotopic (exact) mass is 313 g/mol. The first-order chi connectivity index (χ1) is 9.44. The third-order valence-electron chi connectivity index (χ3n) is 2.47. The van der Waals surface area contributed by atoms with Gasteiger partial charge in [-0.3, -0.25) is 4.72 Å². The highest BCUT2D eigenvalue weighted by atomic mass is 32.2. The van der Waals surface area contributed by atoms with Gasteiger partial charge in [-0.2, -0.15) is 0 Å². The fraction of sp³-hybridized carbons (Fsp3) is 0.0833. The van der Waals surface area contributed by atoms with E-state index in [4.69, 9.17) is 10.2 Å². The minimum Gasteiger partial charge on any atom is -0.477 e. The molecule has 0 aliphatic rings. The molecule has 106 valence electrons. The van der Waals surface area contributed by atoms with E-state index in [-0.39, 0.29) is 22.1 Å². The fourth-order valence-electron chi connectivity index (χ4n) is 1.61. The molecule has 20 heavy (non-hydrogen) atoms. The van der Waals surface area contributed by atoms with Gasteiger partial charge in [0.15, 0.2) is 0 Å². The number of carbonyl (C=O) groups is 1. The second-order valence-electron chi connectivity index (χ2n) is 3.88. The van der Waals surface area contributed by atoms with Gasteiger partial charge in [-0.1, -0.05) is 12.1 Å². The van der Waals surface area contributed by atoms with Crippen molar-refractivity contribution >= 4 is 33.0 Å². The molecule has 0 radical (unpaired) electrons. The minimum atomic E-state index is -3.97. The van der Waals surface area contributed by atoms with Crippen LogP contribution in [0.1, 0.15) is 15.2 Å². The number of hydrogen-bond donors (Lipinski definition) is 3. The number of aliphatic hydroxyl groups excluding tert-OH is 1. The predicted molar refractivity (Wildman–Crippen MR) is 74.5 cm³/mol. The first kappa shape index (κ1) is 14.5. The normalized spacial score (nSPS) is 11.2. The summed E-state index contributed by atoms with van der Waals surface area (Å²) in [4.78, 5) is 10.5. The van der Waals surface area contributed by atoms with Crippen LogP contribution < -0.4 is 4.72 Å². The fourth-order valence-corrected chi connectivity index (χ4v) is 3.92. The van der Waals surface area contributed by atoms with Crippen LogP contribution in [-0.2, 0) is 16.6 Å². The Balaban J connectivity index is 2.35. The molecular formula is C12H11NO5S2. The highest BCUT2D eigenvalue weighted by molar-refractivity contribution is 7.93. The van der Waals surface area contributed by atoms with Gasteiger partial charge in [0.25, 0.3) is 10.0 Å². The van der Waals surface area contributed by atoms with Crippen molar-refractivity contribution in [3.8, 4) is 0 Å². The second kappa shape index (κ2) is 5.61. The molecule has 2 aromatic rings. The lowest BCUT2D eigenvalue weighted by atomic mass is 10.2. The molecule has 0 aliphatic carbocycles. The van der Waals surface area contributed by atoms with E-state index in [1.807, 2.05) is 0 Å². The zero-order chi connectivity index (χ0) is 14.8. The number of sulfonamides is 1. The maximum atomic E-state index is 12.2. The number of carboxylic acids is 1. The van der Waals surface area contributed by atoms with Crippen LogP contribution >= 0.6 is 11.3 Å².